The second-order valence-corrected chi connectivity index (χ2v) is 7.32. The summed E-state index contributed by atoms with van der Waals surface area (Å²) < 4.78 is 0. The Morgan fingerprint density at radius 2 is 2.26 bits per heavy atom. The number of H-pyrrole nitrogens is 1. The summed E-state index contributed by atoms with van der Waals surface area (Å²) in [6, 6.07) is 10.6. The molecular formula is C18H26N4S. The van der Waals surface area contributed by atoms with Crippen molar-refractivity contribution in [2.75, 3.05) is 25.4 Å². The minimum atomic E-state index is 0.708. The van der Waals surface area contributed by atoms with Crippen molar-refractivity contribution in [2.45, 2.75) is 31.4 Å². The predicted molar refractivity (Wildman–Crippen MR) is 101 cm³/mol. The number of nitrogens with one attached hydrogen (secondary N) is 3. The van der Waals surface area contributed by atoms with Crippen LogP contribution in [0.5, 0.6) is 0 Å². The van der Waals surface area contributed by atoms with Gasteiger partial charge in [0, 0.05) is 36.0 Å². The van der Waals surface area contributed by atoms with E-state index in [1.807, 2.05) is 0 Å². The Balaban J connectivity index is 1.50. The third-order valence-electron chi connectivity index (χ3n) is 4.09. The molecule has 0 spiro atoms. The first-order valence-electron chi connectivity index (χ1n) is 8.55. The van der Waals surface area contributed by atoms with E-state index in [0.29, 0.717) is 5.25 Å². The number of rotatable bonds is 6. The van der Waals surface area contributed by atoms with Gasteiger partial charge in [-0.2, -0.15) is 11.8 Å². The molecule has 2 aromatic rings. The Morgan fingerprint density at radius 3 is 3.04 bits per heavy atom. The Kier molecular flexibility index (Phi) is 5.86. The van der Waals surface area contributed by atoms with Crippen LogP contribution in [-0.4, -0.2) is 41.6 Å². The molecule has 0 aliphatic carbocycles. The van der Waals surface area contributed by atoms with Crippen LogP contribution in [0.15, 0.2) is 35.3 Å². The molecule has 1 aliphatic heterocycles. The van der Waals surface area contributed by atoms with Crippen molar-refractivity contribution in [1.82, 2.24) is 15.6 Å². The van der Waals surface area contributed by atoms with E-state index in [1.165, 1.54) is 35.2 Å². The summed E-state index contributed by atoms with van der Waals surface area (Å²) in [5.74, 6) is 2.24. The molecular weight excluding hydrogens is 304 g/mol. The van der Waals surface area contributed by atoms with Crippen LogP contribution < -0.4 is 10.6 Å². The van der Waals surface area contributed by atoms with E-state index in [1.54, 1.807) is 0 Å². The first-order valence-corrected chi connectivity index (χ1v) is 9.60. The number of nitrogens with zero attached hydrogens (tertiary/aromatic N) is 1. The number of hydrogen-bond acceptors (Lipinski definition) is 2. The van der Waals surface area contributed by atoms with Crippen LogP contribution in [0, 0.1) is 0 Å². The van der Waals surface area contributed by atoms with Crippen molar-refractivity contribution in [3.63, 3.8) is 0 Å². The summed E-state index contributed by atoms with van der Waals surface area (Å²) in [4.78, 5) is 8.21. The molecule has 124 valence electrons. The Labute approximate surface area is 142 Å². The fourth-order valence-corrected chi connectivity index (χ4v) is 4.09. The van der Waals surface area contributed by atoms with Gasteiger partial charge in [0.15, 0.2) is 5.96 Å². The van der Waals surface area contributed by atoms with Crippen molar-refractivity contribution in [2.24, 2.45) is 4.99 Å². The quantitative estimate of drug-likeness (QED) is 0.563. The zero-order chi connectivity index (χ0) is 15.9. The van der Waals surface area contributed by atoms with Crippen LogP contribution in [0.4, 0.5) is 0 Å². The van der Waals surface area contributed by atoms with Gasteiger partial charge in [0.05, 0.1) is 6.54 Å². The molecule has 1 aromatic carbocycles. The lowest BCUT2D eigenvalue weighted by atomic mass is 10.2. The molecule has 0 bridgehead atoms. The van der Waals surface area contributed by atoms with Crippen molar-refractivity contribution in [3.8, 4) is 0 Å². The molecule has 1 saturated heterocycles. The summed E-state index contributed by atoms with van der Waals surface area (Å²) in [5.41, 5.74) is 2.47. The lowest BCUT2D eigenvalue weighted by Gasteiger charge is -2.12. The standard InChI is InChI=1S/C18H26N4S/c1-2-19-18(21-13-16-7-5-11-23-16)20-10-9-15-12-14-6-3-4-8-17(14)22-15/h3-4,6,8,12,16,22H,2,5,7,9-11,13H2,1H3,(H2,19,20,21). The average Bonchev–Trinajstić information content (AvgIpc) is 3.21. The Hall–Kier alpha value is -1.62. The largest absolute Gasteiger partial charge is 0.358 e. The van der Waals surface area contributed by atoms with Gasteiger partial charge in [0.25, 0.3) is 0 Å². The minimum absolute atomic E-state index is 0.708. The zero-order valence-corrected chi connectivity index (χ0v) is 14.6. The van der Waals surface area contributed by atoms with Gasteiger partial charge in [-0.15, -0.1) is 0 Å². The maximum atomic E-state index is 4.73. The lowest BCUT2D eigenvalue weighted by molar-refractivity contribution is 0.758. The zero-order valence-electron chi connectivity index (χ0n) is 13.8. The fourth-order valence-electron chi connectivity index (χ4n) is 2.91. The molecule has 1 atom stereocenters. The first-order chi connectivity index (χ1) is 11.3. The van der Waals surface area contributed by atoms with Gasteiger partial charge in [-0.25, -0.2) is 0 Å². The van der Waals surface area contributed by atoms with Crippen molar-refractivity contribution >= 4 is 28.6 Å². The number of thioether (sulfide) groups is 1. The van der Waals surface area contributed by atoms with Gasteiger partial charge in [-0.05, 0) is 43.0 Å². The molecule has 1 fully saturated rings. The number of benzene rings is 1. The summed E-state index contributed by atoms with van der Waals surface area (Å²) >= 11 is 2.06. The van der Waals surface area contributed by atoms with Crippen LogP contribution in [0.2, 0.25) is 0 Å². The van der Waals surface area contributed by atoms with E-state index < -0.39 is 0 Å². The molecule has 0 radical (unpaired) electrons. The summed E-state index contributed by atoms with van der Waals surface area (Å²) in [7, 11) is 0. The van der Waals surface area contributed by atoms with E-state index in [4.69, 9.17) is 4.99 Å². The topological polar surface area (TPSA) is 52.2 Å². The van der Waals surface area contributed by atoms with Crippen LogP contribution in [0.25, 0.3) is 10.9 Å². The monoisotopic (exact) mass is 330 g/mol. The van der Waals surface area contributed by atoms with E-state index in [9.17, 15) is 0 Å². The second-order valence-electron chi connectivity index (χ2n) is 5.91. The Bertz CT molecular complexity index is 610. The van der Waals surface area contributed by atoms with E-state index >= 15 is 0 Å². The molecule has 1 aliphatic rings. The van der Waals surface area contributed by atoms with Gasteiger partial charge in [0.2, 0.25) is 0 Å². The second kappa shape index (κ2) is 8.29. The Morgan fingerprint density at radius 1 is 1.35 bits per heavy atom. The van der Waals surface area contributed by atoms with Gasteiger partial charge in [-0.3, -0.25) is 4.99 Å². The predicted octanol–water partition coefficient (Wildman–Crippen LogP) is 3.16. The van der Waals surface area contributed by atoms with Gasteiger partial charge >= 0.3 is 0 Å². The summed E-state index contributed by atoms with van der Waals surface area (Å²) in [6.45, 7) is 4.82. The summed E-state index contributed by atoms with van der Waals surface area (Å²) in [6.07, 6.45) is 3.62. The van der Waals surface area contributed by atoms with Gasteiger partial charge in [-0.1, -0.05) is 18.2 Å². The SMILES string of the molecule is CCNC(=NCC1CCCS1)NCCc1cc2ccccc2[nH]1. The smallest absolute Gasteiger partial charge is 0.191 e. The molecule has 3 N–H and O–H groups in total. The van der Waals surface area contributed by atoms with Crippen LogP contribution in [-0.2, 0) is 6.42 Å². The molecule has 5 heteroatoms. The third kappa shape index (κ3) is 4.67. The summed E-state index contributed by atoms with van der Waals surface area (Å²) in [5, 5.41) is 8.77. The highest BCUT2D eigenvalue weighted by Crippen LogP contribution is 2.25. The molecule has 1 unspecified atom stereocenters. The van der Waals surface area contributed by atoms with Crippen molar-refractivity contribution < 1.29 is 0 Å². The molecule has 2 heterocycles. The van der Waals surface area contributed by atoms with Crippen molar-refractivity contribution in [3.05, 3.63) is 36.0 Å². The van der Waals surface area contributed by atoms with E-state index in [0.717, 1.165) is 32.0 Å². The fraction of sp³-hybridized carbons (Fsp3) is 0.500. The number of aromatic nitrogens is 1. The van der Waals surface area contributed by atoms with E-state index in [-0.39, 0.29) is 0 Å². The number of aromatic amines is 1. The maximum Gasteiger partial charge on any atom is 0.191 e. The number of fused-ring (bicyclic) bond motifs is 1. The number of para-hydroxylation sites is 1. The molecule has 23 heavy (non-hydrogen) atoms. The molecule has 4 nitrogen and oxygen atoms in total. The highest BCUT2D eigenvalue weighted by Gasteiger charge is 2.14. The third-order valence-corrected chi connectivity index (χ3v) is 5.47. The lowest BCUT2D eigenvalue weighted by Crippen LogP contribution is -2.38. The van der Waals surface area contributed by atoms with Crippen LogP contribution in [0.3, 0.4) is 0 Å². The molecule has 0 amide bonds. The number of guanidine groups is 1. The van der Waals surface area contributed by atoms with Gasteiger partial charge in [0.1, 0.15) is 0 Å². The maximum absolute atomic E-state index is 4.73. The average molecular weight is 331 g/mol. The van der Waals surface area contributed by atoms with Gasteiger partial charge < -0.3 is 15.6 Å². The minimum Gasteiger partial charge on any atom is -0.358 e. The normalized spacial score (nSPS) is 18.5. The molecule has 0 saturated carbocycles. The van der Waals surface area contributed by atoms with Crippen molar-refractivity contribution in [1.29, 1.82) is 0 Å². The van der Waals surface area contributed by atoms with Crippen LogP contribution >= 0.6 is 11.8 Å². The van der Waals surface area contributed by atoms with Crippen LogP contribution in [0.1, 0.15) is 25.5 Å². The first kappa shape index (κ1) is 16.2. The number of aliphatic imine (C=N–C) groups is 1. The molecule has 1 aromatic heterocycles. The molecule has 3 rings (SSSR count). The number of hydrogen-bond donors (Lipinski definition) is 3. The van der Waals surface area contributed by atoms with E-state index in [2.05, 4.69) is 64.6 Å². The highest BCUT2D eigenvalue weighted by molar-refractivity contribution is 8.00. The highest BCUT2D eigenvalue weighted by atomic mass is 32.2.